The topological polar surface area (TPSA) is 85.1 Å². The number of ketones is 2. The first-order valence-electron chi connectivity index (χ1n) is 8.53. The van der Waals surface area contributed by atoms with Gasteiger partial charge in [0.1, 0.15) is 22.2 Å². The summed E-state index contributed by atoms with van der Waals surface area (Å²) in [4.78, 5) is 28.7. The molecule has 0 saturated heterocycles. The van der Waals surface area contributed by atoms with Crippen LogP contribution in [0.2, 0.25) is 5.15 Å². The van der Waals surface area contributed by atoms with Gasteiger partial charge in [0.25, 0.3) is 6.43 Å². The van der Waals surface area contributed by atoms with E-state index in [1.54, 1.807) is 26.0 Å². The molecule has 28 heavy (non-hydrogen) atoms. The molecule has 0 radical (unpaired) electrons. The number of carbonyl (C=O) groups is 2. The normalized spacial score (nSPS) is 16.7. The SMILES string of the molecule is CC1(C)CC(=O)C(=C(O)c2cn(Cc3ccc(Cl)nc3)nc2C(F)F)C(=O)C1. The Morgan fingerprint density at radius 2 is 1.93 bits per heavy atom. The molecule has 0 bridgehead atoms. The lowest BCUT2D eigenvalue weighted by molar-refractivity contribution is -0.127. The highest BCUT2D eigenvalue weighted by Gasteiger charge is 2.38. The fourth-order valence-electron chi connectivity index (χ4n) is 3.21. The second kappa shape index (κ2) is 7.43. The molecule has 2 aromatic heterocycles. The van der Waals surface area contributed by atoms with E-state index in [-0.39, 0.29) is 30.1 Å². The van der Waals surface area contributed by atoms with Gasteiger partial charge in [0.05, 0.1) is 12.1 Å². The lowest BCUT2D eigenvalue weighted by atomic mass is 9.73. The summed E-state index contributed by atoms with van der Waals surface area (Å²) in [7, 11) is 0. The predicted octanol–water partition coefficient (Wildman–Crippen LogP) is 4.14. The molecule has 1 N–H and O–H groups in total. The van der Waals surface area contributed by atoms with E-state index >= 15 is 0 Å². The highest BCUT2D eigenvalue weighted by atomic mass is 35.5. The van der Waals surface area contributed by atoms with Gasteiger partial charge in [-0.05, 0) is 17.0 Å². The number of Topliss-reactive ketones (excluding diaryl/α,β-unsaturated/α-hetero) is 2. The van der Waals surface area contributed by atoms with Crippen molar-refractivity contribution in [3.63, 3.8) is 0 Å². The van der Waals surface area contributed by atoms with Crippen molar-refractivity contribution in [1.29, 1.82) is 0 Å². The lowest BCUT2D eigenvalue weighted by Gasteiger charge is -2.28. The Morgan fingerprint density at radius 1 is 1.29 bits per heavy atom. The Bertz CT molecular complexity index is 943. The molecule has 0 amide bonds. The maximum Gasteiger partial charge on any atom is 0.282 e. The Hall–Kier alpha value is -2.61. The number of alkyl halides is 2. The van der Waals surface area contributed by atoms with Crippen molar-refractivity contribution < 1.29 is 23.5 Å². The van der Waals surface area contributed by atoms with E-state index < -0.39 is 40.4 Å². The number of aliphatic hydroxyl groups is 1. The van der Waals surface area contributed by atoms with Gasteiger partial charge >= 0.3 is 0 Å². The minimum atomic E-state index is -2.99. The number of nitrogens with zero attached hydrogens (tertiary/aromatic N) is 3. The van der Waals surface area contributed by atoms with Gasteiger partial charge in [0.2, 0.25) is 0 Å². The van der Waals surface area contributed by atoms with Crippen molar-refractivity contribution in [3.05, 3.63) is 52.1 Å². The molecule has 1 aliphatic rings. The fraction of sp³-hybridized carbons (Fsp3) is 0.368. The Kier molecular flexibility index (Phi) is 5.34. The summed E-state index contributed by atoms with van der Waals surface area (Å²) in [6.45, 7) is 3.63. The first-order chi connectivity index (χ1) is 13.1. The number of aromatic nitrogens is 3. The van der Waals surface area contributed by atoms with Gasteiger partial charge in [-0.3, -0.25) is 14.3 Å². The monoisotopic (exact) mass is 409 g/mol. The van der Waals surface area contributed by atoms with Crippen molar-refractivity contribution in [1.82, 2.24) is 14.8 Å². The number of pyridine rings is 1. The van der Waals surface area contributed by atoms with Crippen LogP contribution in [-0.2, 0) is 16.1 Å². The summed E-state index contributed by atoms with van der Waals surface area (Å²) < 4.78 is 28.1. The van der Waals surface area contributed by atoms with Crippen LogP contribution in [0.25, 0.3) is 5.76 Å². The van der Waals surface area contributed by atoms with Crippen LogP contribution >= 0.6 is 11.6 Å². The second-order valence-electron chi connectivity index (χ2n) is 7.50. The van der Waals surface area contributed by atoms with E-state index in [1.807, 2.05) is 0 Å². The first-order valence-corrected chi connectivity index (χ1v) is 8.91. The minimum Gasteiger partial charge on any atom is -0.506 e. The molecule has 0 spiro atoms. The fourth-order valence-corrected chi connectivity index (χ4v) is 3.32. The number of allylic oxidation sites excluding steroid dienone is 1. The molecule has 6 nitrogen and oxygen atoms in total. The zero-order valence-electron chi connectivity index (χ0n) is 15.2. The van der Waals surface area contributed by atoms with Crippen molar-refractivity contribution in [2.45, 2.75) is 39.7 Å². The molecule has 2 aromatic rings. The van der Waals surface area contributed by atoms with Crippen LogP contribution in [0.1, 0.15) is 49.9 Å². The third-order valence-corrected chi connectivity index (χ3v) is 4.68. The van der Waals surface area contributed by atoms with Crippen LogP contribution in [0.3, 0.4) is 0 Å². The zero-order chi connectivity index (χ0) is 20.6. The molecule has 1 saturated carbocycles. The van der Waals surface area contributed by atoms with Gasteiger partial charge in [0.15, 0.2) is 11.6 Å². The number of hydrogen-bond acceptors (Lipinski definition) is 5. The first kappa shape index (κ1) is 20.1. The van der Waals surface area contributed by atoms with Crippen LogP contribution in [0, 0.1) is 5.41 Å². The number of carbonyl (C=O) groups excluding carboxylic acids is 2. The lowest BCUT2D eigenvalue weighted by Crippen LogP contribution is -2.32. The molecular weight excluding hydrogens is 392 g/mol. The van der Waals surface area contributed by atoms with E-state index in [9.17, 15) is 23.5 Å². The molecule has 0 aliphatic heterocycles. The summed E-state index contributed by atoms with van der Waals surface area (Å²) in [5, 5.41) is 14.6. The van der Waals surface area contributed by atoms with Gasteiger partial charge in [-0.1, -0.05) is 31.5 Å². The standard InChI is InChI=1S/C19H18ClF2N3O3/c1-19(2)5-12(26)15(13(27)6-19)17(28)11-9-25(24-16(11)18(21)22)8-10-3-4-14(20)23-7-10/h3-4,7,9,18,28H,5-6,8H2,1-2H3. The third-order valence-electron chi connectivity index (χ3n) is 4.46. The van der Waals surface area contributed by atoms with E-state index in [2.05, 4.69) is 10.1 Å². The highest BCUT2D eigenvalue weighted by molar-refractivity contribution is 6.29. The van der Waals surface area contributed by atoms with Gasteiger partial charge in [-0.2, -0.15) is 5.10 Å². The quantitative estimate of drug-likeness (QED) is 0.355. The average Bonchev–Trinajstić information content (AvgIpc) is 2.99. The third kappa shape index (κ3) is 4.11. The van der Waals surface area contributed by atoms with Crippen LogP contribution in [0.5, 0.6) is 0 Å². The van der Waals surface area contributed by atoms with Crippen LogP contribution in [0.15, 0.2) is 30.1 Å². The number of hydrogen-bond donors (Lipinski definition) is 1. The minimum absolute atomic E-state index is 0.0483. The van der Waals surface area contributed by atoms with Gasteiger partial charge in [0, 0.05) is 25.2 Å². The molecule has 0 unspecified atom stereocenters. The summed E-state index contributed by atoms with van der Waals surface area (Å²) in [6.07, 6.45) is -0.231. The second-order valence-corrected chi connectivity index (χ2v) is 7.89. The Balaban J connectivity index is 2.00. The van der Waals surface area contributed by atoms with Crippen LogP contribution < -0.4 is 0 Å². The number of halogens is 3. The summed E-state index contributed by atoms with van der Waals surface area (Å²) >= 11 is 5.72. The molecular formula is C19H18ClF2N3O3. The van der Waals surface area contributed by atoms with Crippen LogP contribution in [0.4, 0.5) is 8.78 Å². The molecule has 148 valence electrons. The smallest absolute Gasteiger partial charge is 0.282 e. The highest BCUT2D eigenvalue weighted by Crippen LogP contribution is 2.37. The molecule has 3 rings (SSSR count). The van der Waals surface area contributed by atoms with Crippen molar-refractivity contribution in [2.75, 3.05) is 0 Å². The van der Waals surface area contributed by atoms with Crippen molar-refractivity contribution >= 4 is 28.9 Å². The number of rotatable bonds is 4. The molecule has 2 heterocycles. The van der Waals surface area contributed by atoms with Gasteiger partial charge < -0.3 is 5.11 Å². The predicted molar refractivity (Wildman–Crippen MR) is 98.1 cm³/mol. The summed E-state index contributed by atoms with van der Waals surface area (Å²) in [6, 6.07) is 3.21. The molecule has 1 fully saturated rings. The molecule has 0 atom stereocenters. The van der Waals surface area contributed by atoms with Crippen molar-refractivity contribution in [2.24, 2.45) is 5.41 Å². The van der Waals surface area contributed by atoms with E-state index in [0.717, 1.165) is 0 Å². The van der Waals surface area contributed by atoms with Crippen LogP contribution in [-0.4, -0.2) is 31.4 Å². The molecule has 1 aliphatic carbocycles. The largest absolute Gasteiger partial charge is 0.506 e. The maximum absolute atomic E-state index is 13.5. The van der Waals surface area contributed by atoms with Gasteiger partial charge in [-0.15, -0.1) is 0 Å². The van der Waals surface area contributed by atoms with E-state index in [4.69, 9.17) is 11.6 Å². The number of aliphatic hydroxyl groups excluding tert-OH is 1. The summed E-state index contributed by atoms with van der Waals surface area (Å²) in [5.41, 5.74) is -1.34. The Morgan fingerprint density at radius 3 is 2.46 bits per heavy atom. The molecule has 9 heteroatoms. The maximum atomic E-state index is 13.5. The van der Waals surface area contributed by atoms with E-state index in [0.29, 0.717) is 5.56 Å². The van der Waals surface area contributed by atoms with E-state index in [1.165, 1.54) is 17.1 Å². The van der Waals surface area contributed by atoms with Crippen molar-refractivity contribution in [3.8, 4) is 0 Å². The Labute approximate surface area is 164 Å². The summed E-state index contributed by atoms with van der Waals surface area (Å²) in [5.74, 6) is -1.87. The zero-order valence-corrected chi connectivity index (χ0v) is 16.0. The van der Waals surface area contributed by atoms with Gasteiger partial charge in [-0.25, -0.2) is 13.8 Å². The molecule has 0 aromatic carbocycles. The average molecular weight is 410 g/mol.